The van der Waals surface area contributed by atoms with Gasteiger partial charge in [-0.05, 0) is 12.2 Å². The van der Waals surface area contributed by atoms with Crippen LogP contribution in [0.25, 0.3) is 0 Å². The lowest BCUT2D eigenvalue weighted by molar-refractivity contribution is 0.306. The molecule has 0 saturated heterocycles. The summed E-state index contributed by atoms with van der Waals surface area (Å²) in [7, 11) is 0. The van der Waals surface area contributed by atoms with E-state index in [0.29, 0.717) is 6.61 Å². The third-order valence-electron chi connectivity index (χ3n) is 0.956. The SMILES string of the molecule is C1=N/C=C/C=C\C=C/OC1. The van der Waals surface area contributed by atoms with Crippen molar-refractivity contribution in [1.82, 2.24) is 0 Å². The van der Waals surface area contributed by atoms with Crippen molar-refractivity contribution >= 4 is 6.21 Å². The first-order valence-corrected chi connectivity index (χ1v) is 3.12. The number of aliphatic imine (C=N–C) groups is 1. The van der Waals surface area contributed by atoms with Crippen molar-refractivity contribution in [2.45, 2.75) is 0 Å². The first-order valence-electron chi connectivity index (χ1n) is 3.12. The molecule has 0 atom stereocenters. The van der Waals surface area contributed by atoms with Gasteiger partial charge in [0, 0.05) is 12.4 Å². The van der Waals surface area contributed by atoms with E-state index in [2.05, 4.69) is 4.99 Å². The summed E-state index contributed by atoms with van der Waals surface area (Å²) in [5, 5.41) is 0. The molecular formula is C8H9NO. The van der Waals surface area contributed by atoms with E-state index in [9.17, 15) is 0 Å². The van der Waals surface area contributed by atoms with Gasteiger partial charge in [0.1, 0.15) is 6.61 Å². The fourth-order valence-corrected chi connectivity index (χ4v) is 0.531. The average molecular weight is 135 g/mol. The second-order valence-electron chi connectivity index (χ2n) is 1.72. The molecule has 0 saturated carbocycles. The summed E-state index contributed by atoms with van der Waals surface area (Å²) in [6.07, 6.45) is 12.6. The van der Waals surface area contributed by atoms with Crippen LogP contribution in [-0.2, 0) is 4.74 Å². The van der Waals surface area contributed by atoms with Gasteiger partial charge in [-0.2, -0.15) is 0 Å². The van der Waals surface area contributed by atoms with E-state index in [1.807, 2.05) is 24.3 Å². The van der Waals surface area contributed by atoms with E-state index in [1.165, 1.54) is 0 Å². The van der Waals surface area contributed by atoms with Gasteiger partial charge >= 0.3 is 0 Å². The molecule has 0 amide bonds. The minimum atomic E-state index is 0.536. The summed E-state index contributed by atoms with van der Waals surface area (Å²) in [5.41, 5.74) is 0. The highest BCUT2D eigenvalue weighted by Crippen LogP contribution is 1.84. The molecule has 1 aliphatic rings. The number of allylic oxidation sites excluding steroid dienone is 4. The van der Waals surface area contributed by atoms with Gasteiger partial charge in [-0.15, -0.1) is 0 Å². The van der Waals surface area contributed by atoms with Crippen LogP contribution in [0.1, 0.15) is 0 Å². The lowest BCUT2D eigenvalue weighted by Gasteiger charge is -1.91. The first kappa shape index (κ1) is 6.81. The Morgan fingerprint density at radius 1 is 1.10 bits per heavy atom. The van der Waals surface area contributed by atoms with Crippen LogP contribution in [-0.4, -0.2) is 12.8 Å². The second kappa shape index (κ2) is 4.56. The van der Waals surface area contributed by atoms with E-state index in [1.54, 1.807) is 18.7 Å². The van der Waals surface area contributed by atoms with Gasteiger partial charge in [0.2, 0.25) is 0 Å². The maximum Gasteiger partial charge on any atom is 0.122 e. The molecule has 0 aromatic heterocycles. The van der Waals surface area contributed by atoms with Crippen LogP contribution in [0.5, 0.6) is 0 Å². The summed E-state index contributed by atoms with van der Waals surface area (Å²) in [6, 6.07) is 0. The quantitative estimate of drug-likeness (QED) is 0.495. The number of rotatable bonds is 0. The zero-order valence-corrected chi connectivity index (χ0v) is 5.60. The summed E-state index contributed by atoms with van der Waals surface area (Å²) in [4.78, 5) is 3.92. The van der Waals surface area contributed by atoms with E-state index in [0.717, 1.165) is 0 Å². The van der Waals surface area contributed by atoms with Gasteiger partial charge < -0.3 is 4.74 Å². The zero-order chi connectivity index (χ0) is 7.07. The number of hydrogen-bond donors (Lipinski definition) is 0. The molecule has 0 aromatic carbocycles. The Morgan fingerprint density at radius 3 is 3.00 bits per heavy atom. The Balaban J connectivity index is 2.53. The van der Waals surface area contributed by atoms with Crippen molar-refractivity contribution in [2.24, 2.45) is 4.99 Å². The zero-order valence-electron chi connectivity index (χ0n) is 5.60. The van der Waals surface area contributed by atoms with Crippen molar-refractivity contribution in [3.05, 3.63) is 36.8 Å². The van der Waals surface area contributed by atoms with Crippen LogP contribution in [0.4, 0.5) is 0 Å². The Morgan fingerprint density at radius 2 is 2.00 bits per heavy atom. The van der Waals surface area contributed by atoms with Gasteiger partial charge in [0.25, 0.3) is 0 Å². The molecule has 0 N–H and O–H groups in total. The van der Waals surface area contributed by atoms with Crippen molar-refractivity contribution < 1.29 is 4.74 Å². The van der Waals surface area contributed by atoms with Gasteiger partial charge in [-0.25, -0.2) is 0 Å². The molecule has 2 nitrogen and oxygen atoms in total. The van der Waals surface area contributed by atoms with E-state index >= 15 is 0 Å². The third-order valence-corrected chi connectivity index (χ3v) is 0.956. The molecule has 0 fully saturated rings. The molecule has 1 heterocycles. The molecule has 0 aromatic rings. The lowest BCUT2D eigenvalue weighted by atomic mass is 10.4. The fourth-order valence-electron chi connectivity index (χ4n) is 0.531. The summed E-state index contributed by atoms with van der Waals surface area (Å²) in [5.74, 6) is 0. The predicted octanol–water partition coefficient (Wildman–Crippen LogP) is 1.67. The summed E-state index contributed by atoms with van der Waals surface area (Å²) < 4.78 is 5.00. The highest BCUT2D eigenvalue weighted by molar-refractivity contribution is 5.59. The topological polar surface area (TPSA) is 21.6 Å². The van der Waals surface area contributed by atoms with Crippen LogP contribution < -0.4 is 0 Å². The monoisotopic (exact) mass is 135 g/mol. The smallest absolute Gasteiger partial charge is 0.122 e. The van der Waals surface area contributed by atoms with Crippen LogP contribution >= 0.6 is 0 Å². The van der Waals surface area contributed by atoms with Crippen LogP contribution in [0.2, 0.25) is 0 Å². The van der Waals surface area contributed by atoms with Gasteiger partial charge in [-0.3, -0.25) is 4.99 Å². The molecule has 10 heavy (non-hydrogen) atoms. The highest BCUT2D eigenvalue weighted by Gasteiger charge is 1.73. The van der Waals surface area contributed by atoms with Crippen molar-refractivity contribution in [3.8, 4) is 0 Å². The summed E-state index contributed by atoms with van der Waals surface area (Å²) >= 11 is 0. The van der Waals surface area contributed by atoms with Crippen molar-refractivity contribution in [3.63, 3.8) is 0 Å². The van der Waals surface area contributed by atoms with Crippen molar-refractivity contribution in [2.75, 3.05) is 6.61 Å². The van der Waals surface area contributed by atoms with Crippen LogP contribution in [0.3, 0.4) is 0 Å². The Labute approximate surface area is 60.2 Å². The normalized spacial score (nSPS) is 26.4. The maximum atomic E-state index is 5.00. The average Bonchev–Trinajstić information content (AvgIpc) is 2.01. The predicted molar refractivity (Wildman–Crippen MR) is 41.9 cm³/mol. The van der Waals surface area contributed by atoms with Crippen molar-refractivity contribution in [1.29, 1.82) is 0 Å². The Bertz CT molecular complexity index is 167. The number of ether oxygens (including phenoxy) is 1. The second-order valence-corrected chi connectivity index (χ2v) is 1.72. The fraction of sp³-hybridized carbons (Fsp3) is 0.125. The molecular weight excluding hydrogens is 126 g/mol. The van der Waals surface area contributed by atoms with E-state index in [4.69, 9.17) is 4.74 Å². The molecule has 1 aliphatic heterocycles. The molecule has 0 aliphatic carbocycles. The number of nitrogens with zero attached hydrogens (tertiary/aromatic N) is 1. The Hall–Kier alpha value is -1.31. The Kier molecular flexibility index (Phi) is 3.10. The molecule has 2 heteroatoms. The maximum absolute atomic E-state index is 5.00. The third kappa shape index (κ3) is 2.87. The molecule has 0 bridgehead atoms. The van der Waals surface area contributed by atoms with E-state index < -0.39 is 0 Å². The largest absolute Gasteiger partial charge is 0.496 e. The highest BCUT2D eigenvalue weighted by atomic mass is 16.5. The molecule has 0 unspecified atom stereocenters. The van der Waals surface area contributed by atoms with Gasteiger partial charge in [0.05, 0.1) is 6.26 Å². The minimum absolute atomic E-state index is 0.536. The molecule has 0 radical (unpaired) electrons. The van der Waals surface area contributed by atoms with Crippen LogP contribution in [0, 0.1) is 0 Å². The molecule has 52 valence electrons. The standard InChI is InChI=1S/C8H9NO/c1-2-4-7-10-8-6-9-5-3-1/h1-7H,8H2/b2-1-,5-3+,7-4-,9-6?. The van der Waals surface area contributed by atoms with Gasteiger partial charge in [-0.1, -0.05) is 12.2 Å². The molecule has 1 rings (SSSR count). The molecule has 0 spiro atoms. The lowest BCUT2D eigenvalue weighted by Crippen LogP contribution is -1.86. The number of hydrogen-bond acceptors (Lipinski definition) is 2. The van der Waals surface area contributed by atoms with Gasteiger partial charge in [0.15, 0.2) is 0 Å². The first-order chi connectivity index (χ1) is 5.00. The summed E-state index contributed by atoms with van der Waals surface area (Å²) in [6.45, 7) is 0.536. The van der Waals surface area contributed by atoms with E-state index in [-0.39, 0.29) is 0 Å². The minimum Gasteiger partial charge on any atom is -0.496 e. The van der Waals surface area contributed by atoms with Crippen LogP contribution in [0.15, 0.2) is 41.8 Å².